The highest BCUT2D eigenvalue weighted by Crippen LogP contribution is 2.35. The normalized spacial score (nSPS) is 18.8. The van der Waals surface area contributed by atoms with Gasteiger partial charge >= 0.3 is 0 Å². The van der Waals surface area contributed by atoms with E-state index in [2.05, 4.69) is 0 Å². The molecule has 1 heterocycles. The Labute approximate surface area is 140 Å². The topological polar surface area (TPSA) is 66.8 Å². The number of carbonyl (C=O) groups excluding carboxylic acids is 2. The number of ether oxygens (including phenoxy) is 1. The van der Waals surface area contributed by atoms with Crippen LogP contribution >= 0.6 is 0 Å². The van der Waals surface area contributed by atoms with E-state index in [0.717, 1.165) is 11.1 Å². The van der Waals surface area contributed by atoms with Crippen molar-refractivity contribution in [3.05, 3.63) is 65.7 Å². The fourth-order valence-corrected chi connectivity index (χ4v) is 3.09. The maximum absolute atomic E-state index is 12.8. The van der Waals surface area contributed by atoms with Crippen molar-refractivity contribution in [1.29, 1.82) is 0 Å². The van der Waals surface area contributed by atoms with Gasteiger partial charge in [-0.1, -0.05) is 42.5 Å². The highest BCUT2D eigenvalue weighted by molar-refractivity contribution is 6.06. The van der Waals surface area contributed by atoms with Crippen LogP contribution in [0.5, 0.6) is 5.75 Å². The van der Waals surface area contributed by atoms with Crippen LogP contribution in [0.3, 0.4) is 0 Å². The Morgan fingerprint density at radius 2 is 1.79 bits per heavy atom. The lowest BCUT2D eigenvalue weighted by molar-refractivity contribution is -0.142. The van der Waals surface area contributed by atoms with Gasteiger partial charge in [-0.15, -0.1) is 0 Å². The molecule has 2 amide bonds. The van der Waals surface area contributed by atoms with E-state index in [9.17, 15) is 14.7 Å². The van der Waals surface area contributed by atoms with Gasteiger partial charge in [0.15, 0.2) is 0 Å². The Bertz CT molecular complexity index is 727. The summed E-state index contributed by atoms with van der Waals surface area (Å²) in [5, 5.41) is 9.74. The average Bonchev–Trinajstić information content (AvgIpc) is 2.92. The molecule has 2 atom stereocenters. The molecule has 5 heteroatoms. The molecule has 1 saturated heterocycles. The second-order valence-electron chi connectivity index (χ2n) is 5.74. The summed E-state index contributed by atoms with van der Waals surface area (Å²) >= 11 is 0. The molecule has 124 valence electrons. The van der Waals surface area contributed by atoms with Gasteiger partial charge in [-0.25, -0.2) is 0 Å². The zero-order chi connectivity index (χ0) is 17.1. The van der Waals surface area contributed by atoms with Crippen molar-refractivity contribution in [3.8, 4) is 5.75 Å². The van der Waals surface area contributed by atoms with Crippen LogP contribution in [0.15, 0.2) is 54.6 Å². The van der Waals surface area contributed by atoms with Crippen LogP contribution in [-0.2, 0) is 9.59 Å². The van der Waals surface area contributed by atoms with Gasteiger partial charge in [-0.2, -0.15) is 0 Å². The van der Waals surface area contributed by atoms with E-state index < -0.39 is 12.0 Å². The number of amides is 2. The van der Waals surface area contributed by atoms with Gasteiger partial charge in [0.2, 0.25) is 11.8 Å². The van der Waals surface area contributed by atoms with Gasteiger partial charge in [0, 0.05) is 6.42 Å². The monoisotopic (exact) mass is 325 g/mol. The first-order valence-electron chi connectivity index (χ1n) is 7.81. The molecule has 2 aromatic carbocycles. The molecule has 2 aromatic rings. The second-order valence-corrected chi connectivity index (χ2v) is 5.74. The van der Waals surface area contributed by atoms with Crippen molar-refractivity contribution in [3.63, 3.8) is 0 Å². The molecular formula is C19H19NO4. The van der Waals surface area contributed by atoms with Crippen LogP contribution in [0, 0.1) is 0 Å². The minimum absolute atomic E-state index is 0.120. The summed E-state index contributed by atoms with van der Waals surface area (Å²) in [7, 11) is 1.58. The van der Waals surface area contributed by atoms with Crippen LogP contribution in [0.1, 0.15) is 29.5 Å². The largest absolute Gasteiger partial charge is 0.497 e. The third-order valence-electron chi connectivity index (χ3n) is 4.37. The van der Waals surface area contributed by atoms with E-state index in [4.69, 9.17) is 4.74 Å². The molecule has 0 radical (unpaired) electrons. The van der Waals surface area contributed by atoms with Crippen molar-refractivity contribution in [2.24, 2.45) is 0 Å². The zero-order valence-corrected chi connectivity index (χ0v) is 13.4. The number of rotatable bonds is 5. The quantitative estimate of drug-likeness (QED) is 0.857. The van der Waals surface area contributed by atoms with E-state index >= 15 is 0 Å². The van der Waals surface area contributed by atoms with Crippen LogP contribution < -0.4 is 4.74 Å². The van der Waals surface area contributed by atoms with Gasteiger partial charge in [-0.3, -0.25) is 14.5 Å². The molecular weight excluding hydrogens is 306 g/mol. The molecule has 5 nitrogen and oxygen atoms in total. The Balaban J connectivity index is 1.88. The summed E-state index contributed by atoms with van der Waals surface area (Å²) in [6, 6.07) is 15.6. The highest BCUT2D eigenvalue weighted by atomic mass is 16.5. The van der Waals surface area contributed by atoms with Gasteiger partial charge in [0.1, 0.15) is 5.75 Å². The minimum atomic E-state index is -0.644. The summed E-state index contributed by atoms with van der Waals surface area (Å²) in [5.74, 6) is -0.345. The van der Waals surface area contributed by atoms with Crippen molar-refractivity contribution >= 4 is 11.8 Å². The fraction of sp³-hybridized carbons (Fsp3) is 0.263. The number of hydrogen-bond donors (Lipinski definition) is 1. The number of aliphatic hydroxyl groups excluding tert-OH is 1. The molecule has 0 aromatic heterocycles. The lowest BCUT2D eigenvalue weighted by Gasteiger charge is -2.25. The molecule has 1 aliphatic heterocycles. The predicted octanol–water partition coefficient (Wildman–Crippen LogP) is 2.27. The Hall–Kier alpha value is -2.66. The molecule has 0 aliphatic carbocycles. The Kier molecular flexibility index (Phi) is 4.62. The van der Waals surface area contributed by atoms with Gasteiger partial charge < -0.3 is 9.84 Å². The lowest BCUT2D eigenvalue weighted by Crippen LogP contribution is -2.36. The third-order valence-corrected chi connectivity index (χ3v) is 4.37. The molecule has 0 bridgehead atoms. The van der Waals surface area contributed by atoms with Crippen LogP contribution in [0.25, 0.3) is 0 Å². The van der Waals surface area contributed by atoms with Gasteiger partial charge in [0.25, 0.3) is 0 Å². The van der Waals surface area contributed by atoms with Crippen LogP contribution in [-0.4, -0.2) is 35.5 Å². The van der Waals surface area contributed by atoms with Crippen molar-refractivity contribution in [1.82, 2.24) is 4.90 Å². The average molecular weight is 325 g/mol. The maximum Gasteiger partial charge on any atom is 0.237 e. The smallest absolute Gasteiger partial charge is 0.237 e. The molecule has 0 saturated carbocycles. The molecule has 3 rings (SSSR count). The van der Waals surface area contributed by atoms with Crippen LogP contribution in [0.2, 0.25) is 0 Å². The Morgan fingerprint density at radius 1 is 1.12 bits per heavy atom. The van der Waals surface area contributed by atoms with E-state index in [0.29, 0.717) is 5.75 Å². The molecule has 1 aliphatic rings. The SMILES string of the molecule is COc1ccc(C2CC(=O)N([C@H](CO)c3ccccc3)C2=O)cc1. The van der Waals surface area contributed by atoms with Crippen molar-refractivity contribution < 1.29 is 19.4 Å². The highest BCUT2D eigenvalue weighted by Gasteiger charge is 2.43. The van der Waals surface area contributed by atoms with Gasteiger partial charge in [0.05, 0.1) is 25.7 Å². The van der Waals surface area contributed by atoms with Crippen molar-refractivity contribution in [2.45, 2.75) is 18.4 Å². The standard InChI is InChI=1S/C19H19NO4/c1-24-15-9-7-13(8-10-15)16-11-18(22)20(19(16)23)17(12-21)14-5-3-2-4-6-14/h2-10,16-17,21H,11-12H2,1H3/t16?,17-/m1/s1. The Morgan fingerprint density at radius 3 is 2.38 bits per heavy atom. The summed E-state index contributed by atoms with van der Waals surface area (Å²) in [6.45, 7) is -0.295. The van der Waals surface area contributed by atoms with E-state index in [1.165, 1.54) is 4.90 Å². The number of likely N-dealkylation sites (tertiary alicyclic amines) is 1. The number of hydrogen-bond acceptors (Lipinski definition) is 4. The lowest BCUT2D eigenvalue weighted by atomic mass is 9.97. The van der Waals surface area contributed by atoms with Gasteiger partial charge in [-0.05, 0) is 23.3 Å². The number of aliphatic hydroxyl groups is 1. The summed E-state index contributed by atoms with van der Waals surface area (Å²) in [6.07, 6.45) is 0.120. The minimum Gasteiger partial charge on any atom is -0.497 e. The van der Waals surface area contributed by atoms with E-state index in [-0.39, 0.29) is 24.8 Å². The summed E-state index contributed by atoms with van der Waals surface area (Å²) in [5.41, 5.74) is 1.53. The third kappa shape index (κ3) is 2.90. The number of benzene rings is 2. The van der Waals surface area contributed by atoms with Crippen LogP contribution in [0.4, 0.5) is 0 Å². The summed E-state index contributed by atoms with van der Waals surface area (Å²) in [4.78, 5) is 26.4. The zero-order valence-electron chi connectivity index (χ0n) is 13.4. The second kappa shape index (κ2) is 6.84. The maximum atomic E-state index is 12.8. The molecule has 0 spiro atoms. The first kappa shape index (κ1) is 16.2. The van der Waals surface area contributed by atoms with E-state index in [1.54, 1.807) is 31.4 Å². The van der Waals surface area contributed by atoms with Crippen molar-refractivity contribution in [2.75, 3.05) is 13.7 Å². The van der Waals surface area contributed by atoms with E-state index in [1.807, 2.05) is 30.3 Å². The predicted molar refractivity (Wildman–Crippen MR) is 88.5 cm³/mol. The number of methoxy groups -OCH3 is 1. The molecule has 1 fully saturated rings. The first-order valence-corrected chi connectivity index (χ1v) is 7.81. The summed E-state index contributed by atoms with van der Waals surface area (Å²) < 4.78 is 5.12. The fourth-order valence-electron chi connectivity index (χ4n) is 3.09. The molecule has 1 N–H and O–H groups in total. The number of carbonyl (C=O) groups is 2. The number of imide groups is 1. The number of nitrogens with zero attached hydrogens (tertiary/aromatic N) is 1. The molecule has 1 unspecified atom stereocenters. The molecule has 24 heavy (non-hydrogen) atoms. The first-order chi connectivity index (χ1) is 11.7.